The smallest absolute Gasteiger partial charge is 0.431 e. The lowest BCUT2D eigenvalue weighted by Crippen LogP contribution is -2.51. The number of allylic oxidation sites excluding steroid dienone is 1. The summed E-state index contributed by atoms with van der Waals surface area (Å²) in [4.78, 5) is 12.7. The van der Waals surface area contributed by atoms with Gasteiger partial charge in [-0.2, -0.15) is 0 Å². The van der Waals surface area contributed by atoms with Gasteiger partial charge in [0.05, 0.1) is 0 Å². The average molecular weight is 898 g/mol. The molecule has 0 spiro atoms. The maximum atomic E-state index is 12.7. The van der Waals surface area contributed by atoms with Gasteiger partial charge < -0.3 is 9.47 Å². The molecule has 3 fully saturated rings. The van der Waals surface area contributed by atoms with E-state index in [4.69, 9.17) is 9.47 Å². The number of fused-ring (bicyclic) bond motifs is 5. The van der Waals surface area contributed by atoms with Crippen LogP contribution in [-0.4, -0.2) is 12.3 Å². The summed E-state index contributed by atoms with van der Waals surface area (Å²) in [6.07, 6.45) is 16.0. The van der Waals surface area contributed by atoms with Crippen molar-refractivity contribution in [3.8, 4) is 0 Å². The fourth-order valence-electron chi connectivity index (χ4n) is 9.76. The van der Waals surface area contributed by atoms with Gasteiger partial charge in [-0.1, -0.05) is 65.5 Å². The Balaban J connectivity index is 1.19. The molecule has 3 saturated carbocycles. The molecule has 41 heavy (non-hydrogen) atoms. The van der Waals surface area contributed by atoms with Crippen LogP contribution >= 0.6 is 67.8 Å². The lowest BCUT2D eigenvalue weighted by Gasteiger charge is -2.58. The van der Waals surface area contributed by atoms with E-state index in [2.05, 4.69) is 121 Å². The van der Waals surface area contributed by atoms with Gasteiger partial charge in [-0.3, -0.25) is 0 Å². The van der Waals surface area contributed by atoms with E-state index in [9.17, 15) is 4.79 Å². The molecule has 1 aromatic carbocycles. The first-order chi connectivity index (χ1) is 19.4. The second-order valence-corrected chi connectivity index (χ2v) is 18.2. The van der Waals surface area contributed by atoms with Crippen molar-refractivity contribution in [1.82, 2.24) is 0 Å². The molecule has 0 aromatic heterocycles. The van der Waals surface area contributed by atoms with Crippen molar-refractivity contribution in [3.63, 3.8) is 0 Å². The van der Waals surface area contributed by atoms with E-state index < -0.39 is 6.16 Å². The fraction of sp³-hybridized carbons (Fsp3) is 0.743. The number of carbonyl (C=O) groups excluding carboxylic acids is 1. The van der Waals surface area contributed by atoms with Gasteiger partial charge in [0.15, 0.2) is 0 Å². The first-order valence-corrected chi connectivity index (χ1v) is 19.3. The van der Waals surface area contributed by atoms with Crippen LogP contribution in [0.3, 0.4) is 0 Å². The molecule has 0 radical (unpaired) electrons. The Morgan fingerprint density at radius 2 is 1.71 bits per heavy atom. The van der Waals surface area contributed by atoms with Crippen LogP contribution in [0.2, 0.25) is 0 Å². The molecule has 0 aliphatic heterocycles. The molecule has 0 N–H and O–H groups in total. The quantitative estimate of drug-likeness (QED) is 0.148. The number of benzene rings is 1. The lowest BCUT2D eigenvalue weighted by atomic mass is 9.47. The van der Waals surface area contributed by atoms with Gasteiger partial charge in [0.1, 0.15) is 12.7 Å². The van der Waals surface area contributed by atoms with Crippen LogP contribution in [0.15, 0.2) is 23.8 Å². The monoisotopic (exact) mass is 898 g/mol. The molecule has 0 saturated heterocycles. The van der Waals surface area contributed by atoms with Gasteiger partial charge in [-0.25, -0.2) is 4.79 Å². The summed E-state index contributed by atoms with van der Waals surface area (Å²) in [5.74, 6) is 5.08. The third-order valence-electron chi connectivity index (χ3n) is 12.0. The molecule has 1 aromatic rings. The van der Waals surface area contributed by atoms with Crippen LogP contribution in [-0.2, 0) is 16.1 Å². The second-order valence-electron chi connectivity index (χ2n) is 14.7. The molecule has 3 nitrogen and oxygen atoms in total. The molecular weight excluding hydrogens is 849 g/mol. The minimum atomic E-state index is -0.522. The number of rotatable bonds is 8. The number of hydrogen-bond donors (Lipinski definition) is 0. The second kappa shape index (κ2) is 13.4. The van der Waals surface area contributed by atoms with Gasteiger partial charge in [0.25, 0.3) is 0 Å². The molecule has 3 unspecified atom stereocenters. The Morgan fingerprint density at radius 1 is 0.976 bits per heavy atom. The number of hydrogen-bond acceptors (Lipinski definition) is 3. The molecule has 0 bridgehead atoms. The summed E-state index contributed by atoms with van der Waals surface area (Å²) >= 11 is 6.97. The standard InChI is InChI=1S/C35H49I3O3/c1-21(2)7-6-8-22(3)28-11-12-29-26-10-9-23-17-25(13-15-34(23,4)30(26)14-16-35(28,29)5)41-33(39)40-20-27-31(37)18-24(36)19-32(27)38/h9,18-19,21-22,25-26,28-30H,6-8,10-17,20H2,1-5H3/t22-,25+,26?,28-,29?,30?,34+,35-/m1/s1. The maximum absolute atomic E-state index is 12.7. The predicted octanol–water partition coefficient (Wildman–Crippen LogP) is 11.6. The van der Waals surface area contributed by atoms with Gasteiger partial charge in [0.2, 0.25) is 0 Å². The summed E-state index contributed by atoms with van der Waals surface area (Å²) in [6, 6.07) is 4.23. The van der Waals surface area contributed by atoms with Crippen molar-refractivity contribution in [2.45, 2.75) is 118 Å². The Morgan fingerprint density at radius 3 is 2.41 bits per heavy atom. The number of ether oxygens (including phenoxy) is 2. The Hall–Kier alpha value is 0.420. The fourth-order valence-corrected chi connectivity index (χ4v) is 13.7. The minimum absolute atomic E-state index is 0.0651. The summed E-state index contributed by atoms with van der Waals surface area (Å²) < 4.78 is 15.0. The summed E-state index contributed by atoms with van der Waals surface area (Å²) in [6.45, 7) is 12.8. The average Bonchev–Trinajstić information content (AvgIpc) is 3.25. The molecule has 6 heteroatoms. The van der Waals surface area contributed by atoms with Crippen molar-refractivity contribution in [1.29, 1.82) is 0 Å². The zero-order valence-electron chi connectivity index (χ0n) is 25.6. The molecule has 228 valence electrons. The van der Waals surface area contributed by atoms with Gasteiger partial charge in [-0.05, 0) is 171 Å². The molecule has 0 amide bonds. The van der Waals surface area contributed by atoms with Crippen molar-refractivity contribution in [2.24, 2.45) is 46.3 Å². The number of carbonyl (C=O) groups is 1. The van der Waals surface area contributed by atoms with Crippen LogP contribution in [0, 0.1) is 57.0 Å². The van der Waals surface area contributed by atoms with E-state index >= 15 is 0 Å². The SMILES string of the molecule is CC(C)CCC[C@@H](C)[C@H]1CCC2C3CC=C4C[C@@H](OC(=O)OCc5c(I)cc(I)cc5I)CC[C@]4(C)C3CC[C@@]21C. The first kappa shape index (κ1) is 32.8. The lowest BCUT2D eigenvalue weighted by molar-refractivity contribution is -0.0620. The van der Waals surface area contributed by atoms with E-state index in [0.717, 1.165) is 67.5 Å². The summed E-state index contributed by atoms with van der Waals surface area (Å²) in [7, 11) is 0. The van der Waals surface area contributed by atoms with Gasteiger partial charge in [0, 0.05) is 22.7 Å². The highest BCUT2D eigenvalue weighted by molar-refractivity contribution is 14.1. The maximum Gasteiger partial charge on any atom is 0.508 e. The zero-order chi connectivity index (χ0) is 29.5. The molecule has 0 heterocycles. The third kappa shape index (κ3) is 6.84. The van der Waals surface area contributed by atoms with E-state index in [1.807, 2.05) is 0 Å². The van der Waals surface area contributed by atoms with E-state index in [-0.39, 0.29) is 18.1 Å². The Kier molecular flexibility index (Phi) is 10.7. The van der Waals surface area contributed by atoms with Crippen molar-refractivity contribution in [3.05, 3.63) is 40.1 Å². The largest absolute Gasteiger partial charge is 0.508 e. The first-order valence-electron chi connectivity index (χ1n) is 16.1. The molecule has 5 rings (SSSR count). The molecule has 4 aliphatic carbocycles. The van der Waals surface area contributed by atoms with Crippen molar-refractivity contribution < 1.29 is 14.3 Å². The van der Waals surface area contributed by atoms with Crippen molar-refractivity contribution >= 4 is 73.9 Å². The molecule has 8 atom stereocenters. The normalized spacial score (nSPS) is 35.2. The highest BCUT2D eigenvalue weighted by atomic mass is 127. The zero-order valence-corrected chi connectivity index (χ0v) is 32.1. The molecular formula is C35H49I3O3. The van der Waals surface area contributed by atoms with E-state index in [1.54, 1.807) is 5.57 Å². The van der Waals surface area contributed by atoms with Crippen LogP contribution in [0.25, 0.3) is 0 Å². The van der Waals surface area contributed by atoms with Crippen LogP contribution in [0.5, 0.6) is 0 Å². The highest BCUT2D eigenvalue weighted by Gasteiger charge is 2.59. The third-order valence-corrected chi connectivity index (χ3v) is 14.5. The summed E-state index contributed by atoms with van der Waals surface area (Å²) in [5.41, 5.74) is 3.41. The number of halogens is 3. The summed E-state index contributed by atoms with van der Waals surface area (Å²) in [5, 5.41) is 0. The van der Waals surface area contributed by atoms with Crippen LogP contribution in [0.1, 0.15) is 111 Å². The molecule has 4 aliphatic rings. The van der Waals surface area contributed by atoms with E-state index in [0.29, 0.717) is 5.41 Å². The van der Waals surface area contributed by atoms with Gasteiger partial charge in [-0.15, -0.1) is 0 Å². The van der Waals surface area contributed by atoms with Crippen LogP contribution < -0.4 is 0 Å². The topological polar surface area (TPSA) is 35.5 Å². The minimum Gasteiger partial charge on any atom is -0.431 e. The van der Waals surface area contributed by atoms with Crippen molar-refractivity contribution in [2.75, 3.05) is 0 Å². The van der Waals surface area contributed by atoms with Gasteiger partial charge >= 0.3 is 6.16 Å². The Labute approximate surface area is 289 Å². The van der Waals surface area contributed by atoms with E-state index in [1.165, 1.54) is 54.9 Å². The highest BCUT2D eigenvalue weighted by Crippen LogP contribution is 2.67. The Bertz CT molecular complexity index is 1120. The predicted molar refractivity (Wildman–Crippen MR) is 193 cm³/mol. The van der Waals surface area contributed by atoms with Crippen LogP contribution in [0.4, 0.5) is 4.79 Å².